The zero-order valence-corrected chi connectivity index (χ0v) is 30.1. The molecule has 0 aliphatic carbocycles. The predicted molar refractivity (Wildman–Crippen MR) is 209 cm³/mol. The zero-order valence-electron chi connectivity index (χ0n) is 30.1. The third kappa shape index (κ3) is 9.02. The van der Waals surface area contributed by atoms with Gasteiger partial charge in [-0.15, -0.1) is 0 Å². The highest BCUT2D eigenvalue weighted by molar-refractivity contribution is 6.09. The number of benzene rings is 6. The lowest BCUT2D eigenvalue weighted by atomic mass is 9.78. The van der Waals surface area contributed by atoms with Gasteiger partial charge in [0.25, 0.3) is 11.8 Å². The number of aldehydes is 2. The number of aliphatic hydroxyl groups is 2. The van der Waals surface area contributed by atoms with Crippen molar-refractivity contribution in [3.05, 3.63) is 178 Å². The Bertz CT molecular complexity index is 2150. The first-order valence-electron chi connectivity index (χ1n) is 17.4. The molecular formula is C45H38N2O8. The van der Waals surface area contributed by atoms with E-state index in [9.17, 15) is 29.4 Å². The van der Waals surface area contributed by atoms with Gasteiger partial charge in [0, 0.05) is 27.9 Å². The summed E-state index contributed by atoms with van der Waals surface area (Å²) in [6.07, 6.45) is 1.24. The molecule has 55 heavy (non-hydrogen) atoms. The summed E-state index contributed by atoms with van der Waals surface area (Å²) in [5.41, 5.74) is 4.85. The maximum absolute atomic E-state index is 13.1. The summed E-state index contributed by atoms with van der Waals surface area (Å²) in [4.78, 5) is 49.6. The fourth-order valence-electron chi connectivity index (χ4n) is 5.90. The largest absolute Gasteiger partial charge is 0.457 e. The number of amides is 2. The van der Waals surface area contributed by atoms with Crippen LogP contribution < -0.4 is 20.1 Å². The SMILES string of the molecule is CC(C)(c1ccc(Oc2ccc(C=O)c(C(=O)Nc3ccc(CO)cc3)c2)cc1)c1ccc(Oc2ccc(C=O)c(C(=O)Nc3ccc(CO)cc3)c2)cc1. The molecule has 4 N–H and O–H groups in total. The van der Waals surface area contributed by atoms with Crippen LogP contribution in [-0.4, -0.2) is 34.6 Å². The second-order valence-corrected chi connectivity index (χ2v) is 13.2. The summed E-state index contributed by atoms with van der Waals surface area (Å²) >= 11 is 0. The number of ether oxygens (including phenoxy) is 2. The van der Waals surface area contributed by atoms with E-state index in [4.69, 9.17) is 9.47 Å². The van der Waals surface area contributed by atoms with Gasteiger partial charge in [0.15, 0.2) is 12.6 Å². The smallest absolute Gasteiger partial charge is 0.256 e. The van der Waals surface area contributed by atoms with Gasteiger partial charge in [-0.2, -0.15) is 0 Å². The average molecular weight is 735 g/mol. The molecule has 0 saturated heterocycles. The molecule has 0 radical (unpaired) electrons. The van der Waals surface area contributed by atoms with Crippen LogP contribution in [0.1, 0.15) is 77.5 Å². The van der Waals surface area contributed by atoms with Crippen LogP contribution >= 0.6 is 0 Å². The van der Waals surface area contributed by atoms with Crippen molar-refractivity contribution in [1.29, 1.82) is 0 Å². The van der Waals surface area contributed by atoms with Crippen molar-refractivity contribution in [3.63, 3.8) is 0 Å². The molecule has 276 valence electrons. The number of hydrogen-bond acceptors (Lipinski definition) is 8. The van der Waals surface area contributed by atoms with Crippen molar-refractivity contribution in [1.82, 2.24) is 0 Å². The number of carbonyl (C=O) groups excluding carboxylic acids is 4. The highest BCUT2D eigenvalue weighted by Crippen LogP contribution is 2.35. The molecule has 0 aliphatic heterocycles. The van der Waals surface area contributed by atoms with E-state index in [1.165, 1.54) is 24.3 Å². The Morgan fingerprint density at radius 3 is 1.20 bits per heavy atom. The molecule has 0 atom stereocenters. The Kier molecular flexibility index (Phi) is 11.6. The molecule has 6 aromatic carbocycles. The Hall–Kier alpha value is -6.88. The van der Waals surface area contributed by atoms with Crippen molar-refractivity contribution in [2.75, 3.05) is 10.6 Å². The highest BCUT2D eigenvalue weighted by atomic mass is 16.5. The van der Waals surface area contributed by atoms with E-state index < -0.39 is 17.2 Å². The van der Waals surface area contributed by atoms with Crippen molar-refractivity contribution >= 4 is 35.8 Å². The van der Waals surface area contributed by atoms with Gasteiger partial charge in [-0.25, -0.2) is 0 Å². The summed E-state index contributed by atoms with van der Waals surface area (Å²) in [7, 11) is 0. The lowest BCUT2D eigenvalue weighted by Crippen LogP contribution is -2.18. The van der Waals surface area contributed by atoms with E-state index in [0.29, 0.717) is 58.1 Å². The number of rotatable bonds is 14. The highest BCUT2D eigenvalue weighted by Gasteiger charge is 2.24. The van der Waals surface area contributed by atoms with Crippen molar-refractivity contribution in [2.45, 2.75) is 32.5 Å². The van der Waals surface area contributed by atoms with Gasteiger partial charge in [-0.05, 0) is 107 Å². The first-order chi connectivity index (χ1) is 26.6. The van der Waals surface area contributed by atoms with Crippen LogP contribution in [0.2, 0.25) is 0 Å². The molecule has 6 rings (SSSR count). The molecule has 2 amide bonds. The second-order valence-electron chi connectivity index (χ2n) is 13.2. The fraction of sp³-hybridized carbons (Fsp3) is 0.111. The minimum Gasteiger partial charge on any atom is -0.457 e. The van der Waals surface area contributed by atoms with Crippen LogP contribution in [0.3, 0.4) is 0 Å². The second kappa shape index (κ2) is 16.9. The van der Waals surface area contributed by atoms with Crippen LogP contribution in [0.4, 0.5) is 11.4 Å². The number of carbonyl (C=O) groups is 4. The van der Waals surface area contributed by atoms with E-state index in [1.54, 1.807) is 60.7 Å². The normalized spacial score (nSPS) is 11.0. The van der Waals surface area contributed by atoms with Gasteiger partial charge in [0.2, 0.25) is 0 Å². The van der Waals surface area contributed by atoms with Crippen LogP contribution in [-0.2, 0) is 18.6 Å². The molecule has 10 nitrogen and oxygen atoms in total. The standard InChI is InChI=1S/C45H38N2O8/c1-45(2,33-9-19-37(20-10-33)54-39-17-7-31(27-50)41(23-39)43(52)46-35-13-3-29(25-48)4-14-35)34-11-21-38(22-12-34)55-40-18-8-32(28-51)42(24-40)44(53)47-36-15-5-30(26-49)6-16-36/h3-24,27-28,48-49H,25-26H2,1-2H3,(H,46,52)(H,47,53). The molecule has 0 bridgehead atoms. The third-order valence-electron chi connectivity index (χ3n) is 9.20. The minimum atomic E-state index is -0.469. The molecule has 6 aromatic rings. The molecule has 0 aromatic heterocycles. The monoisotopic (exact) mass is 734 g/mol. The Labute approximate surface area is 318 Å². The molecule has 0 fully saturated rings. The maximum Gasteiger partial charge on any atom is 0.256 e. The zero-order chi connectivity index (χ0) is 39.0. The first-order valence-corrected chi connectivity index (χ1v) is 17.4. The fourth-order valence-corrected chi connectivity index (χ4v) is 5.90. The molecular weight excluding hydrogens is 697 g/mol. The van der Waals surface area contributed by atoms with Gasteiger partial charge in [-0.1, -0.05) is 62.4 Å². The number of hydrogen-bond donors (Lipinski definition) is 4. The van der Waals surface area contributed by atoms with Gasteiger partial charge in [-0.3, -0.25) is 19.2 Å². The van der Waals surface area contributed by atoms with Crippen LogP contribution in [0.25, 0.3) is 0 Å². The summed E-state index contributed by atoms with van der Waals surface area (Å²) in [6, 6.07) is 38.1. The molecule has 10 heteroatoms. The molecule has 0 unspecified atom stereocenters. The van der Waals surface area contributed by atoms with E-state index in [0.717, 1.165) is 11.1 Å². The molecule has 0 saturated carbocycles. The Balaban J connectivity index is 1.11. The summed E-state index contributed by atoms with van der Waals surface area (Å²) in [5, 5.41) is 24.1. The first kappa shape index (κ1) is 37.9. The summed E-state index contributed by atoms with van der Waals surface area (Å²) in [6.45, 7) is 3.98. The number of aliphatic hydroxyl groups excluding tert-OH is 2. The van der Waals surface area contributed by atoms with Crippen LogP contribution in [0, 0.1) is 0 Å². The van der Waals surface area contributed by atoms with Gasteiger partial charge in [0.1, 0.15) is 23.0 Å². The van der Waals surface area contributed by atoms with Gasteiger partial charge in [0.05, 0.1) is 24.3 Å². The van der Waals surface area contributed by atoms with Crippen molar-refractivity contribution < 1.29 is 38.9 Å². The Morgan fingerprint density at radius 2 is 0.873 bits per heavy atom. The third-order valence-corrected chi connectivity index (χ3v) is 9.20. The minimum absolute atomic E-state index is 0.109. The van der Waals surface area contributed by atoms with Crippen LogP contribution in [0.5, 0.6) is 23.0 Å². The predicted octanol–water partition coefficient (Wildman–Crippen LogP) is 8.71. The van der Waals surface area contributed by atoms with Crippen LogP contribution in [0.15, 0.2) is 133 Å². The number of nitrogens with one attached hydrogen (secondary N) is 2. The maximum atomic E-state index is 13.1. The van der Waals surface area contributed by atoms with E-state index in [2.05, 4.69) is 24.5 Å². The van der Waals surface area contributed by atoms with Gasteiger partial charge < -0.3 is 30.3 Å². The molecule has 0 spiro atoms. The van der Waals surface area contributed by atoms with Crippen molar-refractivity contribution in [2.24, 2.45) is 0 Å². The quantitative estimate of drug-likeness (QED) is 0.0812. The summed E-state index contributed by atoms with van der Waals surface area (Å²) in [5.74, 6) is 0.919. The van der Waals surface area contributed by atoms with E-state index >= 15 is 0 Å². The molecule has 0 aliphatic rings. The lowest BCUT2D eigenvalue weighted by molar-refractivity contribution is 0.101. The lowest BCUT2D eigenvalue weighted by Gasteiger charge is -2.26. The number of anilines is 2. The van der Waals surface area contributed by atoms with Crippen molar-refractivity contribution in [3.8, 4) is 23.0 Å². The van der Waals surface area contributed by atoms with E-state index in [1.807, 2.05) is 48.5 Å². The van der Waals surface area contributed by atoms with Gasteiger partial charge >= 0.3 is 0 Å². The average Bonchev–Trinajstić information content (AvgIpc) is 3.21. The Morgan fingerprint density at radius 1 is 0.527 bits per heavy atom. The van der Waals surface area contributed by atoms with E-state index in [-0.39, 0.29) is 35.5 Å². The topological polar surface area (TPSA) is 151 Å². The molecule has 0 heterocycles. The summed E-state index contributed by atoms with van der Waals surface area (Å²) < 4.78 is 12.2.